The van der Waals surface area contributed by atoms with Gasteiger partial charge >= 0.3 is 0 Å². The lowest BCUT2D eigenvalue weighted by Crippen LogP contribution is -2.41. The van der Waals surface area contributed by atoms with Gasteiger partial charge in [0.25, 0.3) is 5.91 Å². The number of methoxy groups -OCH3 is 2. The van der Waals surface area contributed by atoms with E-state index in [1.165, 1.54) is 0 Å². The summed E-state index contributed by atoms with van der Waals surface area (Å²) in [6.07, 6.45) is 4.12. The van der Waals surface area contributed by atoms with Crippen molar-refractivity contribution in [3.05, 3.63) is 35.5 Å². The van der Waals surface area contributed by atoms with E-state index in [2.05, 4.69) is 19.2 Å². The third-order valence-electron chi connectivity index (χ3n) is 6.39. The smallest absolute Gasteiger partial charge is 0.254 e. The number of carbonyl (C=O) groups is 2. The molecule has 0 radical (unpaired) electrons. The molecule has 0 saturated carbocycles. The van der Waals surface area contributed by atoms with Crippen LogP contribution in [0.15, 0.2) is 30.0 Å². The van der Waals surface area contributed by atoms with Crippen LogP contribution in [0.4, 0.5) is 0 Å². The Bertz CT molecular complexity index is 884. The van der Waals surface area contributed by atoms with Crippen molar-refractivity contribution in [3.8, 4) is 11.5 Å². The molecule has 2 rings (SSSR count). The van der Waals surface area contributed by atoms with Crippen molar-refractivity contribution in [3.63, 3.8) is 0 Å². The number of benzene rings is 1. The molecular weight excluding hydrogens is 458 g/mol. The van der Waals surface area contributed by atoms with Gasteiger partial charge in [-0.3, -0.25) is 9.59 Å². The molecule has 1 heterocycles. The van der Waals surface area contributed by atoms with E-state index >= 15 is 0 Å². The van der Waals surface area contributed by atoms with Gasteiger partial charge in [0.1, 0.15) is 0 Å². The number of carbonyl (C=O) groups excluding carboxylic acids is 2. The Kier molecular flexibility index (Phi) is 12.2. The number of rotatable bonds is 14. The third kappa shape index (κ3) is 8.82. The summed E-state index contributed by atoms with van der Waals surface area (Å²) in [5, 5.41) is 3.41. The Morgan fingerprint density at radius 2 is 1.89 bits per heavy atom. The van der Waals surface area contributed by atoms with Crippen LogP contribution in [-0.4, -0.2) is 81.8 Å². The maximum absolute atomic E-state index is 13.6. The molecule has 1 fully saturated rings. The maximum atomic E-state index is 13.6. The Hall–Kier alpha value is -2.58. The van der Waals surface area contributed by atoms with Gasteiger partial charge in [0.05, 0.1) is 13.7 Å². The minimum Gasteiger partial charge on any atom is -0.493 e. The van der Waals surface area contributed by atoms with E-state index in [-0.39, 0.29) is 23.8 Å². The van der Waals surface area contributed by atoms with E-state index in [4.69, 9.17) is 14.2 Å². The first-order chi connectivity index (χ1) is 17.2. The Morgan fingerprint density at radius 3 is 2.53 bits per heavy atom. The third-order valence-corrected chi connectivity index (χ3v) is 6.39. The molecule has 2 amide bonds. The number of hydrogen-bond acceptors (Lipinski definition) is 6. The summed E-state index contributed by atoms with van der Waals surface area (Å²) in [5.74, 6) is 1.84. The molecule has 0 bridgehead atoms. The molecular formula is C28H45N3O5. The van der Waals surface area contributed by atoms with Crippen molar-refractivity contribution in [1.29, 1.82) is 0 Å². The minimum atomic E-state index is -0.0537. The second-order valence-electron chi connectivity index (χ2n) is 10.1. The highest BCUT2D eigenvalue weighted by Gasteiger charge is 2.28. The summed E-state index contributed by atoms with van der Waals surface area (Å²) in [4.78, 5) is 29.7. The summed E-state index contributed by atoms with van der Waals surface area (Å²) in [7, 11) is 5.07. The monoisotopic (exact) mass is 503 g/mol. The van der Waals surface area contributed by atoms with Crippen molar-refractivity contribution in [2.24, 2.45) is 11.8 Å². The van der Waals surface area contributed by atoms with Gasteiger partial charge in [0.2, 0.25) is 5.91 Å². The quantitative estimate of drug-likeness (QED) is 0.387. The van der Waals surface area contributed by atoms with E-state index in [1.54, 1.807) is 37.3 Å². The first kappa shape index (κ1) is 29.6. The first-order valence-corrected chi connectivity index (χ1v) is 13.0. The average Bonchev–Trinajstić information content (AvgIpc) is 3.29. The molecule has 0 aliphatic carbocycles. The van der Waals surface area contributed by atoms with Crippen LogP contribution in [0.2, 0.25) is 0 Å². The summed E-state index contributed by atoms with van der Waals surface area (Å²) in [5.41, 5.74) is 1.70. The normalized spacial score (nSPS) is 16.6. The molecule has 1 atom stereocenters. The van der Waals surface area contributed by atoms with Crippen LogP contribution >= 0.6 is 0 Å². The predicted octanol–water partition coefficient (Wildman–Crippen LogP) is 3.96. The van der Waals surface area contributed by atoms with Crippen molar-refractivity contribution in [2.45, 2.75) is 53.0 Å². The lowest BCUT2D eigenvalue weighted by atomic mass is 10.0. The van der Waals surface area contributed by atoms with Crippen LogP contribution in [0.25, 0.3) is 0 Å². The maximum Gasteiger partial charge on any atom is 0.254 e. The van der Waals surface area contributed by atoms with Gasteiger partial charge in [-0.25, -0.2) is 0 Å². The van der Waals surface area contributed by atoms with Crippen LogP contribution < -0.4 is 14.8 Å². The van der Waals surface area contributed by atoms with Crippen molar-refractivity contribution in [1.82, 2.24) is 15.1 Å². The highest BCUT2D eigenvalue weighted by atomic mass is 16.5. The molecule has 0 aromatic heterocycles. The van der Waals surface area contributed by atoms with E-state index in [1.807, 2.05) is 32.0 Å². The highest BCUT2D eigenvalue weighted by Crippen LogP contribution is 2.29. The SMILES string of the molecule is COCCCOc1cc(C(=O)N(C[C@@H]2CNC/C2=C\N(C)C(=O)CCC(C)C)C(C)C)ccc1OC. The lowest BCUT2D eigenvalue weighted by Gasteiger charge is -2.30. The van der Waals surface area contributed by atoms with E-state index < -0.39 is 0 Å². The van der Waals surface area contributed by atoms with Gasteiger partial charge in [-0.2, -0.15) is 0 Å². The Labute approximate surface area is 216 Å². The number of hydrogen-bond donors (Lipinski definition) is 1. The van der Waals surface area contributed by atoms with E-state index in [0.717, 1.165) is 25.0 Å². The minimum absolute atomic E-state index is 0.0120. The molecule has 1 saturated heterocycles. The van der Waals surface area contributed by atoms with Crippen molar-refractivity contribution in [2.75, 3.05) is 54.1 Å². The fraction of sp³-hybridized carbons (Fsp3) is 0.643. The number of nitrogens with one attached hydrogen (secondary N) is 1. The molecule has 0 spiro atoms. The zero-order chi connectivity index (χ0) is 26.7. The molecule has 36 heavy (non-hydrogen) atoms. The van der Waals surface area contributed by atoms with Gasteiger partial charge in [0.15, 0.2) is 11.5 Å². The van der Waals surface area contributed by atoms with Gasteiger partial charge in [-0.15, -0.1) is 0 Å². The molecule has 0 unspecified atom stereocenters. The van der Waals surface area contributed by atoms with Gasteiger partial charge < -0.3 is 29.3 Å². The summed E-state index contributed by atoms with van der Waals surface area (Å²) < 4.78 is 16.4. The highest BCUT2D eigenvalue weighted by molar-refractivity contribution is 5.95. The predicted molar refractivity (Wildman–Crippen MR) is 142 cm³/mol. The van der Waals surface area contributed by atoms with Crippen molar-refractivity contribution >= 4 is 11.8 Å². The molecule has 1 aliphatic rings. The van der Waals surface area contributed by atoms with Crippen LogP contribution in [0.3, 0.4) is 0 Å². The van der Waals surface area contributed by atoms with Crippen LogP contribution in [0.5, 0.6) is 11.5 Å². The summed E-state index contributed by atoms with van der Waals surface area (Å²) in [6.45, 7) is 11.4. The molecule has 1 aromatic rings. The molecule has 202 valence electrons. The van der Waals surface area contributed by atoms with Gasteiger partial charge in [-0.05, 0) is 50.0 Å². The largest absolute Gasteiger partial charge is 0.493 e. The fourth-order valence-corrected chi connectivity index (χ4v) is 4.15. The van der Waals surface area contributed by atoms with Crippen molar-refractivity contribution < 1.29 is 23.8 Å². The Balaban J connectivity index is 2.15. The fourth-order valence-electron chi connectivity index (χ4n) is 4.15. The Morgan fingerprint density at radius 1 is 1.14 bits per heavy atom. The molecule has 1 aliphatic heterocycles. The van der Waals surface area contributed by atoms with E-state index in [0.29, 0.717) is 55.7 Å². The second-order valence-corrected chi connectivity index (χ2v) is 10.1. The first-order valence-electron chi connectivity index (χ1n) is 13.0. The molecule has 8 nitrogen and oxygen atoms in total. The molecule has 8 heteroatoms. The second kappa shape index (κ2) is 14.9. The van der Waals surface area contributed by atoms with Crippen LogP contribution in [-0.2, 0) is 9.53 Å². The van der Waals surface area contributed by atoms with Crippen LogP contribution in [0.1, 0.15) is 57.3 Å². The zero-order valence-electron chi connectivity index (χ0n) is 23.1. The molecule has 1 aromatic carbocycles. The zero-order valence-corrected chi connectivity index (χ0v) is 23.1. The van der Waals surface area contributed by atoms with Gasteiger partial charge in [0, 0.05) is 77.0 Å². The van der Waals surface area contributed by atoms with Crippen LogP contribution in [0, 0.1) is 11.8 Å². The van der Waals surface area contributed by atoms with Gasteiger partial charge in [-0.1, -0.05) is 13.8 Å². The summed E-state index contributed by atoms with van der Waals surface area (Å²) >= 11 is 0. The van der Waals surface area contributed by atoms with E-state index in [9.17, 15) is 9.59 Å². The topological polar surface area (TPSA) is 80.3 Å². The standard InChI is InChI=1S/C28H45N3O5/c1-20(2)9-12-27(32)30(5)18-23-16-29-17-24(23)19-31(21(3)4)28(33)22-10-11-25(35-7)26(15-22)36-14-8-13-34-6/h10-11,15,18,20-21,24,29H,8-9,12-14,16-17,19H2,1-7H3/b23-18+/t24-/m0/s1. The molecule has 1 N–H and O–H groups in total. The summed E-state index contributed by atoms with van der Waals surface area (Å²) in [6, 6.07) is 5.33. The number of nitrogens with zero attached hydrogens (tertiary/aromatic N) is 2. The average molecular weight is 504 g/mol. The number of ether oxygens (including phenoxy) is 3. The number of amides is 2. The lowest BCUT2D eigenvalue weighted by molar-refractivity contribution is -0.127.